The van der Waals surface area contributed by atoms with Gasteiger partial charge in [-0.1, -0.05) is 54.6 Å². The predicted molar refractivity (Wildman–Crippen MR) is 171 cm³/mol. The Kier molecular flexibility index (Phi) is 8.22. The number of aryl methyl sites for hydroxylation is 1. The third-order valence-electron chi connectivity index (χ3n) is 7.65. The minimum absolute atomic E-state index is 0.124. The largest absolute Gasteiger partial charge is 0.437 e. The van der Waals surface area contributed by atoms with Gasteiger partial charge < -0.3 is 15.8 Å². The smallest absolute Gasteiger partial charge is 0.236 e. The Bertz CT molecular complexity index is 1840. The minimum Gasteiger partial charge on any atom is -0.437 e. The fraction of sp³-hybridized carbons (Fsp3) is 0.242. The minimum atomic E-state index is -3.66. The van der Waals surface area contributed by atoms with Crippen molar-refractivity contribution in [1.82, 2.24) is 15.0 Å². The highest BCUT2D eigenvalue weighted by atomic mass is 32.2. The molecular weight excluding hydrogens is 560 g/mol. The van der Waals surface area contributed by atoms with E-state index in [0.29, 0.717) is 34.5 Å². The molecule has 5 aromatic rings. The van der Waals surface area contributed by atoms with Crippen molar-refractivity contribution in [3.63, 3.8) is 0 Å². The average Bonchev–Trinajstić information content (AvgIpc) is 3.01. The maximum Gasteiger partial charge on any atom is 0.236 e. The average molecular weight is 595 g/mol. The molecule has 1 fully saturated rings. The van der Waals surface area contributed by atoms with E-state index in [4.69, 9.17) is 15.5 Å². The zero-order chi connectivity index (χ0) is 29.8. The van der Waals surface area contributed by atoms with Gasteiger partial charge in [0.25, 0.3) is 0 Å². The fourth-order valence-corrected chi connectivity index (χ4v) is 6.70. The number of fused-ring (bicyclic) bond motifs is 1. The summed E-state index contributed by atoms with van der Waals surface area (Å²) in [6.07, 6.45) is 7.35. The van der Waals surface area contributed by atoms with Crippen molar-refractivity contribution in [2.24, 2.45) is 5.73 Å². The topological polar surface area (TPSA) is 132 Å². The van der Waals surface area contributed by atoms with Gasteiger partial charge in [0.05, 0.1) is 22.7 Å². The molecule has 1 aliphatic rings. The van der Waals surface area contributed by atoms with Crippen molar-refractivity contribution in [2.75, 3.05) is 10.0 Å². The van der Waals surface area contributed by atoms with E-state index in [1.54, 1.807) is 30.6 Å². The van der Waals surface area contributed by atoms with Gasteiger partial charge in [-0.05, 0) is 68.0 Å². The Morgan fingerprint density at radius 1 is 0.884 bits per heavy atom. The van der Waals surface area contributed by atoms with Gasteiger partial charge in [0.15, 0.2) is 0 Å². The zero-order valence-corrected chi connectivity index (χ0v) is 24.7. The van der Waals surface area contributed by atoms with Gasteiger partial charge in [0.2, 0.25) is 21.9 Å². The molecule has 3 aromatic carbocycles. The molecule has 0 amide bonds. The second-order valence-corrected chi connectivity index (χ2v) is 12.7. The summed E-state index contributed by atoms with van der Waals surface area (Å²) >= 11 is 0. The quantitative estimate of drug-likeness (QED) is 0.178. The number of hydrogen-bond acceptors (Lipinski definition) is 8. The summed E-state index contributed by atoms with van der Waals surface area (Å²) < 4.78 is 35.5. The lowest BCUT2D eigenvalue weighted by atomic mass is 9.92. The molecule has 1 aliphatic carbocycles. The molecule has 1 saturated carbocycles. The predicted octanol–water partition coefficient (Wildman–Crippen LogP) is 6.42. The first-order chi connectivity index (χ1) is 20.8. The lowest BCUT2D eigenvalue weighted by Crippen LogP contribution is -2.33. The summed E-state index contributed by atoms with van der Waals surface area (Å²) in [6, 6.07) is 24.6. The maximum atomic E-state index is 13.1. The van der Waals surface area contributed by atoms with Crippen molar-refractivity contribution in [3.05, 3.63) is 102 Å². The third-order valence-corrected chi connectivity index (χ3v) is 8.90. The van der Waals surface area contributed by atoms with Crippen LogP contribution in [0.1, 0.15) is 36.8 Å². The third kappa shape index (κ3) is 6.76. The molecule has 9 nitrogen and oxygen atoms in total. The number of nitrogens with one attached hydrogen (secondary N) is 2. The highest BCUT2D eigenvalue weighted by Gasteiger charge is 2.21. The van der Waals surface area contributed by atoms with Gasteiger partial charge in [-0.2, -0.15) is 0 Å². The lowest BCUT2D eigenvalue weighted by molar-refractivity contribution is 0.410. The summed E-state index contributed by atoms with van der Waals surface area (Å²) in [5.41, 5.74) is 9.43. The molecule has 0 bridgehead atoms. The van der Waals surface area contributed by atoms with Crippen molar-refractivity contribution in [2.45, 2.75) is 50.4 Å². The van der Waals surface area contributed by atoms with E-state index in [9.17, 15) is 8.42 Å². The van der Waals surface area contributed by atoms with Crippen molar-refractivity contribution >= 4 is 32.4 Å². The van der Waals surface area contributed by atoms with Gasteiger partial charge in [0.1, 0.15) is 5.75 Å². The van der Waals surface area contributed by atoms with Crippen LogP contribution in [0.2, 0.25) is 0 Å². The Morgan fingerprint density at radius 3 is 2.42 bits per heavy atom. The van der Waals surface area contributed by atoms with Crippen LogP contribution in [0.25, 0.3) is 22.0 Å². The van der Waals surface area contributed by atoms with Crippen molar-refractivity contribution < 1.29 is 13.2 Å². The second kappa shape index (κ2) is 12.4. The van der Waals surface area contributed by atoms with Crippen LogP contribution < -0.4 is 20.5 Å². The summed E-state index contributed by atoms with van der Waals surface area (Å²) in [5.74, 6) is 1.41. The molecule has 2 aromatic heterocycles. The van der Waals surface area contributed by atoms with Gasteiger partial charge in [-0.15, -0.1) is 0 Å². The monoisotopic (exact) mass is 594 g/mol. The van der Waals surface area contributed by atoms with Crippen LogP contribution in [0.4, 0.5) is 11.6 Å². The number of nitrogens with two attached hydrogens (primary N) is 1. The molecular formula is C33H34N6O3S. The number of ether oxygens (including phenoxy) is 1. The van der Waals surface area contributed by atoms with Crippen LogP contribution in [-0.4, -0.2) is 35.5 Å². The molecule has 10 heteroatoms. The van der Waals surface area contributed by atoms with Crippen molar-refractivity contribution in [3.8, 4) is 22.9 Å². The van der Waals surface area contributed by atoms with Gasteiger partial charge in [-0.25, -0.2) is 23.4 Å². The first-order valence-electron chi connectivity index (χ1n) is 14.4. The van der Waals surface area contributed by atoms with E-state index in [-0.39, 0.29) is 17.8 Å². The van der Waals surface area contributed by atoms with E-state index in [2.05, 4.69) is 20.0 Å². The summed E-state index contributed by atoms with van der Waals surface area (Å²) in [7, 11) is -3.66. The first-order valence-corrected chi connectivity index (χ1v) is 16.0. The lowest BCUT2D eigenvalue weighted by Gasteiger charge is -2.26. The Labute approximate surface area is 251 Å². The van der Waals surface area contributed by atoms with Gasteiger partial charge >= 0.3 is 0 Å². The van der Waals surface area contributed by atoms with Crippen LogP contribution in [0.3, 0.4) is 0 Å². The number of aromatic nitrogens is 3. The second-order valence-electron chi connectivity index (χ2n) is 10.9. The van der Waals surface area contributed by atoms with Gasteiger partial charge in [0, 0.05) is 35.2 Å². The van der Waals surface area contributed by atoms with Crippen LogP contribution in [-0.2, 0) is 15.8 Å². The van der Waals surface area contributed by atoms with E-state index in [1.165, 1.54) is 0 Å². The maximum absolute atomic E-state index is 13.1. The fourth-order valence-electron chi connectivity index (χ4n) is 5.49. The number of anilines is 2. The summed E-state index contributed by atoms with van der Waals surface area (Å²) in [6.45, 7) is 1.89. The van der Waals surface area contributed by atoms with E-state index >= 15 is 0 Å². The normalized spacial score (nSPS) is 17.0. The molecule has 0 spiro atoms. The van der Waals surface area contributed by atoms with Crippen LogP contribution in [0.15, 0.2) is 91.3 Å². The molecule has 2 heterocycles. The Balaban J connectivity index is 1.29. The first kappa shape index (κ1) is 28.6. The van der Waals surface area contributed by atoms with E-state index in [1.807, 2.05) is 67.6 Å². The number of rotatable bonds is 9. The Morgan fingerprint density at radius 2 is 1.63 bits per heavy atom. The molecule has 4 N–H and O–H groups in total. The molecule has 0 saturated heterocycles. The standard InChI is InChI=1S/C33H34N6O3S/c1-22-20-30(39-43(40,41)21-23-8-3-2-4-9-23)26-10-5-6-11-27(26)31(22)42-32-28(12-7-18-35-32)29-17-19-36-33(38-29)37-25-15-13-24(34)14-16-25/h2-12,17-20,24-25,39H,13-16,21,34H2,1H3,(H,36,37,38). The number of benzene rings is 3. The number of pyridine rings is 1. The van der Waals surface area contributed by atoms with Crippen LogP contribution in [0.5, 0.6) is 11.6 Å². The highest BCUT2D eigenvalue weighted by Crippen LogP contribution is 2.40. The molecule has 220 valence electrons. The molecule has 6 rings (SSSR count). The van der Waals surface area contributed by atoms with E-state index in [0.717, 1.165) is 47.6 Å². The molecule has 0 aliphatic heterocycles. The number of hydrogen-bond donors (Lipinski definition) is 3. The zero-order valence-electron chi connectivity index (χ0n) is 23.9. The Hall–Kier alpha value is -4.54. The van der Waals surface area contributed by atoms with Gasteiger partial charge in [-0.3, -0.25) is 4.72 Å². The molecule has 0 unspecified atom stereocenters. The highest BCUT2D eigenvalue weighted by molar-refractivity contribution is 7.91. The molecule has 43 heavy (non-hydrogen) atoms. The number of nitrogens with zero attached hydrogens (tertiary/aromatic N) is 3. The summed E-state index contributed by atoms with van der Waals surface area (Å²) in [5, 5.41) is 4.94. The number of sulfonamides is 1. The van der Waals surface area contributed by atoms with Crippen LogP contribution >= 0.6 is 0 Å². The molecule has 0 radical (unpaired) electrons. The van der Waals surface area contributed by atoms with Crippen LogP contribution in [0, 0.1) is 6.92 Å². The van der Waals surface area contributed by atoms with Crippen molar-refractivity contribution in [1.29, 1.82) is 0 Å². The summed E-state index contributed by atoms with van der Waals surface area (Å²) in [4.78, 5) is 13.8. The molecule has 0 atom stereocenters. The SMILES string of the molecule is Cc1cc(NS(=O)(=O)Cc2ccccc2)c2ccccc2c1Oc1ncccc1-c1ccnc(NC2CCC(N)CC2)n1. The van der Waals surface area contributed by atoms with E-state index < -0.39 is 10.0 Å².